The van der Waals surface area contributed by atoms with Crippen molar-refractivity contribution in [1.29, 1.82) is 0 Å². The van der Waals surface area contributed by atoms with E-state index in [1.807, 2.05) is 36.4 Å². The molecule has 3 aromatic rings. The molecule has 0 radical (unpaired) electrons. The SMILES string of the molecule is C=C[C@H]1C[NH+]2CC[C@H]1C[C@@H]2[C@H](NC(=S)Nc1cc(C(F)(F)F)cc(C(F)(F)F)c1)c1ccnc2ccccc12. The molecule has 3 aliphatic rings. The first-order valence-corrected chi connectivity index (χ1v) is 13.0. The molecule has 4 heterocycles. The average molecular weight is 566 g/mol. The van der Waals surface area contributed by atoms with Gasteiger partial charge in [-0.15, -0.1) is 6.58 Å². The number of thiocarbonyl (C=S) groups is 1. The lowest BCUT2D eigenvalue weighted by Gasteiger charge is -2.48. The zero-order valence-electron chi connectivity index (χ0n) is 20.7. The van der Waals surface area contributed by atoms with Crippen molar-refractivity contribution in [2.45, 2.75) is 37.3 Å². The minimum Gasteiger partial charge on any atom is -0.350 e. The van der Waals surface area contributed by atoms with E-state index in [4.69, 9.17) is 12.2 Å². The van der Waals surface area contributed by atoms with Crippen LogP contribution in [0.4, 0.5) is 32.0 Å². The predicted molar refractivity (Wildman–Crippen MR) is 141 cm³/mol. The Morgan fingerprint density at radius 2 is 1.74 bits per heavy atom. The Hall–Kier alpha value is -3.18. The van der Waals surface area contributed by atoms with Crippen LogP contribution < -0.4 is 15.5 Å². The molecule has 0 amide bonds. The molecule has 3 fully saturated rings. The average Bonchev–Trinajstić information content (AvgIpc) is 2.90. The highest BCUT2D eigenvalue weighted by atomic mass is 32.1. The van der Waals surface area contributed by atoms with Crippen LogP contribution in [0.25, 0.3) is 10.9 Å². The standard InChI is InChI=1S/C28H26F6N4S/c1-2-16-15-38-10-8-17(16)11-24(38)25(22-7-9-35-23-6-4-3-5-21(22)23)37-26(39)36-20-13-18(27(29,30)31)12-19(14-20)28(32,33)34/h2-7,9,12-14,16-17,24-25H,1,8,10-11,15H2,(H2,36,37,39)/p+1/t16-,17-,24+,25+/m0/s1. The number of hydrogen-bond acceptors (Lipinski definition) is 2. The van der Waals surface area contributed by atoms with Crippen LogP contribution in [0.15, 0.2) is 67.4 Å². The minimum atomic E-state index is -4.95. The molecule has 6 rings (SSSR count). The molecule has 1 unspecified atom stereocenters. The molecule has 2 aromatic carbocycles. The summed E-state index contributed by atoms with van der Waals surface area (Å²) in [5.74, 6) is 0.845. The normalized spacial score (nSPS) is 23.8. The van der Waals surface area contributed by atoms with E-state index in [0.717, 1.165) is 42.4 Å². The first-order chi connectivity index (χ1) is 18.4. The van der Waals surface area contributed by atoms with E-state index in [0.29, 0.717) is 24.0 Å². The van der Waals surface area contributed by atoms with Crippen molar-refractivity contribution in [3.05, 3.63) is 84.1 Å². The topological polar surface area (TPSA) is 41.4 Å². The molecule has 11 heteroatoms. The van der Waals surface area contributed by atoms with Gasteiger partial charge in [0.25, 0.3) is 0 Å². The second kappa shape index (κ2) is 10.4. The molecule has 3 saturated heterocycles. The third-order valence-electron chi connectivity index (χ3n) is 7.88. The summed E-state index contributed by atoms with van der Waals surface area (Å²) in [4.78, 5) is 5.81. The molecule has 206 valence electrons. The summed E-state index contributed by atoms with van der Waals surface area (Å²) in [6, 6.07) is 10.6. The molecule has 0 saturated carbocycles. The Kier molecular flexibility index (Phi) is 7.32. The highest BCUT2D eigenvalue weighted by Gasteiger charge is 2.46. The van der Waals surface area contributed by atoms with Gasteiger partial charge in [-0.1, -0.05) is 24.3 Å². The van der Waals surface area contributed by atoms with Gasteiger partial charge in [0.05, 0.1) is 29.7 Å². The van der Waals surface area contributed by atoms with Crippen LogP contribution in [0, 0.1) is 11.8 Å². The van der Waals surface area contributed by atoms with Gasteiger partial charge < -0.3 is 15.5 Å². The maximum Gasteiger partial charge on any atom is 0.416 e. The molecule has 3 N–H and O–H groups in total. The first-order valence-electron chi connectivity index (χ1n) is 12.6. The van der Waals surface area contributed by atoms with E-state index >= 15 is 0 Å². The number of hydrogen-bond donors (Lipinski definition) is 3. The molecule has 5 atom stereocenters. The predicted octanol–water partition coefficient (Wildman–Crippen LogP) is 5.78. The van der Waals surface area contributed by atoms with Crippen molar-refractivity contribution >= 4 is 33.9 Å². The first kappa shape index (κ1) is 27.4. The van der Waals surface area contributed by atoms with E-state index in [9.17, 15) is 26.3 Å². The van der Waals surface area contributed by atoms with E-state index in [2.05, 4.69) is 22.2 Å². The second-order valence-corrected chi connectivity index (χ2v) is 10.6. The van der Waals surface area contributed by atoms with E-state index < -0.39 is 29.2 Å². The Morgan fingerprint density at radius 1 is 1.05 bits per heavy atom. The number of fused-ring (bicyclic) bond motifs is 4. The Bertz CT molecular complexity index is 1350. The van der Waals surface area contributed by atoms with Crippen molar-refractivity contribution in [3.8, 4) is 0 Å². The van der Waals surface area contributed by atoms with Gasteiger partial charge in [-0.2, -0.15) is 26.3 Å². The van der Waals surface area contributed by atoms with Gasteiger partial charge in [0.1, 0.15) is 12.1 Å². The van der Waals surface area contributed by atoms with Gasteiger partial charge in [0.2, 0.25) is 0 Å². The van der Waals surface area contributed by atoms with Crippen LogP contribution in [-0.4, -0.2) is 29.2 Å². The quantitative estimate of drug-likeness (QED) is 0.209. The van der Waals surface area contributed by atoms with Gasteiger partial charge in [0, 0.05) is 36.0 Å². The van der Waals surface area contributed by atoms with Crippen LogP contribution in [0.2, 0.25) is 0 Å². The second-order valence-electron chi connectivity index (χ2n) is 10.2. The third kappa shape index (κ3) is 5.74. The molecule has 0 aliphatic carbocycles. The molecule has 4 nitrogen and oxygen atoms in total. The fourth-order valence-electron chi connectivity index (χ4n) is 6.05. The van der Waals surface area contributed by atoms with Gasteiger partial charge in [-0.05, 0) is 54.0 Å². The maximum absolute atomic E-state index is 13.4. The summed E-state index contributed by atoms with van der Waals surface area (Å²) in [5, 5.41) is 6.70. The number of nitrogens with zero attached hydrogens (tertiary/aromatic N) is 1. The number of rotatable bonds is 5. The zero-order chi connectivity index (χ0) is 27.9. The Balaban J connectivity index is 1.48. The Labute approximate surface area is 227 Å². The van der Waals surface area contributed by atoms with Gasteiger partial charge in [-0.25, -0.2) is 0 Å². The highest BCUT2D eigenvalue weighted by molar-refractivity contribution is 7.80. The van der Waals surface area contributed by atoms with Crippen LogP contribution in [0.3, 0.4) is 0 Å². The number of nitrogens with one attached hydrogen (secondary N) is 3. The summed E-state index contributed by atoms with van der Waals surface area (Å²) in [7, 11) is 0. The number of anilines is 1. The number of para-hydroxylation sites is 1. The van der Waals surface area contributed by atoms with E-state index in [1.54, 1.807) is 6.20 Å². The van der Waals surface area contributed by atoms with Crippen molar-refractivity contribution in [2.75, 3.05) is 18.4 Å². The summed E-state index contributed by atoms with van der Waals surface area (Å²) >= 11 is 5.48. The number of benzene rings is 2. The smallest absolute Gasteiger partial charge is 0.350 e. The summed E-state index contributed by atoms with van der Waals surface area (Å²) in [6.45, 7) is 5.86. The number of pyridine rings is 1. The lowest BCUT2D eigenvalue weighted by atomic mass is 9.73. The summed E-state index contributed by atoms with van der Waals surface area (Å²) in [5.41, 5.74) is -1.50. The van der Waals surface area contributed by atoms with Gasteiger partial charge in [0.15, 0.2) is 5.11 Å². The monoisotopic (exact) mass is 565 g/mol. The molecular weight excluding hydrogens is 538 g/mol. The lowest BCUT2D eigenvalue weighted by molar-refractivity contribution is -0.947. The van der Waals surface area contributed by atoms with Crippen molar-refractivity contribution in [3.63, 3.8) is 0 Å². The molecular formula is C28H27F6N4S+. The minimum absolute atomic E-state index is 0.0596. The van der Waals surface area contributed by atoms with Gasteiger partial charge in [-0.3, -0.25) is 4.98 Å². The van der Waals surface area contributed by atoms with Crippen LogP contribution in [-0.2, 0) is 12.4 Å². The maximum atomic E-state index is 13.4. The summed E-state index contributed by atoms with van der Waals surface area (Å²) < 4.78 is 80.3. The Morgan fingerprint density at radius 3 is 2.36 bits per heavy atom. The fraction of sp³-hybridized carbons (Fsp3) is 0.357. The van der Waals surface area contributed by atoms with Crippen LogP contribution in [0.5, 0.6) is 0 Å². The van der Waals surface area contributed by atoms with E-state index in [1.165, 1.54) is 4.90 Å². The fourth-order valence-corrected chi connectivity index (χ4v) is 6.29. The number of quaternary nitrogens is 1. The summed E-state index contributed by atoms with van der Waals surface area (Å²) in [6.07, 6.45) is -4.26. The number of piperidine rings is 3. The van der Waals surface area contributed by atoms with E-state index in [-0.39, 0.29) is 23.3 Å². The number of aromatic nitrogens is 1. The van der Waals surface area contributed by atoms with Gasteiger partial charge >= 0.3 is 12.4 Å². The zero-order valence-corrected chi connectivity index (χ0v) is 21.6. The molecule has 0 spiro atoms. The lowest BCUT2D eigenvalue weighted by Crippen LogP contribution is -3.20. The third-order valence-corrected chi connectivity index (χ3v) is 8.10. The molecule has 3 aliphatic heterocycles. The molecule has 2 bridgehead atoms. The molecule has 39 heavy (non-hydrogen) atoms. The molecule has 1 aromatic heterocycles. The van der Waals surface area contributed by atoms with Crippen molar-refractivity contribution in [2.24, 2.45) is 11.8 Å². The number of halogens is 6. The highest BCUT2D eigenvalue weighted by Crippen LogP contribution is 2.38. The van der Waals surface area contributed by atoms with Crippen LogP contribution in [0.1, 0.15) is 35.6 Å². The van der Waals surface area contributed by atoms with Crippen molar-refractivity contribution in [1.82, 2.24) is 10.3 Å². The number of alkyl halides is 6. The van der Waals surface area contributed by atoms with Crippen molar-refractivity contribution < 1.29 is 31.2 Å². The largest absolute Gasteiger partial charge is 0.416 e. The van der Waals surface area contributed by atoms with Crippen LogP contribution >= 0.6 is 12.2 Å².